The number of anilines is 1. The molecule has 0 unspecified atom stereocenters. The smallest absolute Gasteiger partial charge is 0.337 e. The minimum absolute atomic E-state index is 0.0684. The van der Waals surface area contributed by atoms with Gasteiger partial charge in [-0.2, -0.15) is 0 Å². The molecule has 35 heavy (non-hydrogen) atoms. The van der Waals surface area contributed by atoms with Crippen LogP contribution in [0.15, 0.2) is 75.9 Å². The van der Waals surface area contributed by atoms with Gasteiger partial charge in [-0.25, -0.2) is 14.2 Å². The van der Waals surface area contributed by atoms with Crippen molar-refractivity contribution < 1.29 is 23.1 Å². The molecule has 0 fully saturated rings. The van der Waals surface area contributed by atoms with Crippen molar-refractivity contribution in [1.29, 1.82) is 0 Å². The predicted molar refractivity (Wildman–Crippen MR) is 128 cm³/mol. The van der Waals surface area contributed by atoms with Gasteiger partial charge in [0, 0.05) is 0 Å². The van der Waals surface area contributed by atoms with Gasteiger partial charge in [0.15, 0.2) is 10.6 Å². The largest absolute Gasteiger partial charge is 0.465 e. The van der Waals surface area contributed by atoms with Gasteiger partial charge < -0.3 is 9.15 Å². The number of hydrogen-bond donors (Lipinski definition) is 0. The van der Waals surface area contributed by atoms with Crippen molar-refractivity contribution in [1.82, 2.24) is 4.98 Å². The van der Waals surface area contributed by atoms with E-state index in [0.717, 1.165) is 11.3 Å². The summed E-state index contributed by atoms with van der Waals surface area (Å²) in [7, 11) is 1.29. The third kappa shape index (κ3) is 3.23. The number of aromatic nitrogens is 1. The average Bonchev–Trinajstić information content (AvgIpc) is 3.42. The lowest BCUT2D eigenvalue weighted by Gasteiger charge is -2.22. The molecular weight excluding hydrogens is 471 g/mol. The maximum atomic E-state index is 13.8. The normalized spacial score (nSPS) is 15.1. The number of thiazole rings is 1. The van der Waals surface area contributed by atoms with Crippen molar-refractivity contribution in [2.75, 3.05) is 12.0 Å². The molecule has 0 N–H and O–H groups in total. The Kier molecular flexibility index (Phi) is 4.75. The molecule has 3 heterocycles. The van der Waals surface area contributed by atoms with Crippen LogP contribution in [0.25, 0.3) is 21.2 Å². The van der Waals surface area contributed by atoms with Crippen LogP contribution in [0.1, 0.15) is 38.1 Å². The number of para-hydroxylation sites is 1. The zero-order valence-electron chi connectivity index (χ0n) is 18.2. The van der Waals surface area contributed by atoms with Crippen molar-refractivity contribution in [3.8, 4) is 0 Å². The molecule has 1 aliphatic rings. The Morgan fingerprint density at radius 3 is 2.63 bits per heavy atom. The molecule has 1 atom stereocenters. The van der Waals surface area contributed by atoms with E-state index in [1.807, 2.05) is 0 Å². The number of hydrogen-bond acceptors (Lipinski definition) is 7. The summed E-state index contributed by atoms with van der Waals surface area (Å²) in [6.07, 6.45) is 0. The molecule has 6 rings (SSSR count). The first kappa shape index (κ1) is 21.2. The molecule has 1 amide bonds. The van der Waals surface area contributed by atoms with E-state index in [0.29, 0.717) is 37.4 Å². The summed E-state index contributed by atoms with van der Waals surface area (Å²) in [5.74, 6) is -1.51. The number of benzene rings is 3. The Bertz CT molecular complexity index is 1720. The molecule has 9 heteroatoms. The van der Waals surface area contributed by atoms with Crippen molar-refractivity contribution in [3.05, 3.63) is 105 Å². The summed E-state index contributed by atoms with van der Waals surface area (Å²) >= 11 is 1.14. The van der Waals surface area contributed by atoms with E-state index in [2.05, 4.69) is 4.98 Å². The van der Waals surface area contributed by atoms with Gasteiger partial charge in [0.1, 0.15) is 11.4 Å². The minimum atomic E-state index is -0.851. The third-order valence-corrected chi connectivity index (χ3v) is 6.99. The van der Waals surface area contributed by atoms with Crippen LogP contribution in [0.5, 0.6) is 0 Å². The van der Waals surface area contributed by atoms with E-state index in [-0.39, 0.29) is 16.8 Å². The van der Waals surface area contributed by atoms with Gasteiger partial charge in [-0.05, 0) is 48.0 Å². The molecule has 7 nitrogen and oxygen atoms in total. The first-order valence-corrected chi connectivity index (χ1v) is 11.4. The van der Waals surface area contributed by atoms with Crippen LogP contribution in [0.4, 0.5) is 9.52 Å². The average molecular weight is 486 g/mol. The van der Waals surface area contributed by atoms with E-state index in [1.54, 1.807) is 48.5 Å². The van der Waals surface area contributed by atoms with Crippen molar-refractivity contribution in [3.63, 3.8) is 0 Å². The van der Waals surface area contributed by atoms with E-state index < -0.39 is 23.7 Å². The highest BCUT2D eigenvalue weighted by Crippen LogP contribution is 2.43. The highest BCUT2D eigenvalue weighted by atomic mass is 32.1. The molecule has 5 aromatic rings. The Hall–Kier alpha value is -4.37. The number of ether oxygens (including phenoxy) is 1. The second-order valence-corrected chi connectivity index (χ2v) is 8.98. The summed E-state index contributed by atoms with van der Waals surface area (Å²) in [5, 5.41) is 0.649. The van der Waals surface area contributed by atoms with E-state index >= 15 is 0 Å². The van der Waals surface area contributed by atoms with Crippen molar-refractivity contribution >= 4 is 49.5 Å². The highest BCUT2D eigenvalue weighted by Gasteiger charge is 2.45. The molecule has 3 aromatic carbocycles. The number of methoxy groups -OCH3 is 1. The standard InChI is InChI=1S/C26H15FN2O5S/c1-33-25(32)14-8-6-13(7-9-14)21-20-22(30)16-4-2-3-5-18(16)34-23(20)24(31)29(21)26-28-17-11-10-15(27)12-19(17)35-26/h2-12,21H,1H3/t21-/m0/s1. The van der Waals surface area contributed by atoms with Gasteiger partial charge in [-0.3, -0.25) is 14.5 Å². The summed E-state index contributed by atoms with van der Waals surface area (Å²) in [6, 6.07) is 16.5. The maximum absolute atomic E-state index is 13.8. The Morgan fingerprint density at radius 2 is 1.86 bits per heavy atom. The number of carbonyl (C=O) groups is 2. The van der Waals surface area contributed by atoms with Crippen molar-refractivity contribution in [2.45, 2.75) is 6.04 Å². The topological polar surface area (TPSA) is 89.7 Å². The number of rotatable bonds is 3. The lowest BCUT2D eigenvalue weighted by molar-refractivity contribution is 0.0600. The van der Waals surface area contributed by atoms with Crippen LogP contribution >= 0.6 is 11.3 Å². The first-order valence-electron chi connectivity index (χ1n) is 10.6. The molecule has 0 aliphatic carbocycles. The fraction of sp³-hybridized carbons (Fsp3) is 0.0769. The van der Waals surface area contributed by atoms with Crippen molar-refractivity contribution in [2.24, 2.45) is 0 Å². The van der Waals surface area contributed by atoms with Crippen LogP contribution in [0, 0.1) is 5.82 Å². The summed E-state index contributed by atoms with van der Waals surface area (Å²) in [6.45, 7) is 0. The van der Waals surface area contributed by atoms with Gasteiger partial charge in [0.05, 0.1) is 39.9 Å². The molecule has 0 spiro atoms. The predicted octanol–water partition coefficient (Wildman–Crippen LogP) is 5.08. The second-order valence-electron chi connectivity index (χ2n) is 7.97. The number of nitrogens with zero attached hydrogens (tertiary/aromatic N) is 2. The zero-order valence-corrected chi connectivity index (χ0v) is 19.0. The molecule has 0 radical (unpaired) electrons. The Balaban J connectivity index is 1.59. The third-order valence-electron chi connectivity index (χ3n) is 5.97. The molecule has 0 saturated carbocycles. The quantitative estimate of drug-likeness (QED) is 0.331. The Labute approximate surface area is 201 Å². The van der Waals surface area contributed by atoms with E-state index in [1.165, 1.54) is 30.2 Å². The number of carbonyl (C=O) groups excluding carboxylic acids is 2. The van der Waals surface area contributed by atoms with Crippen LogP contribution in [0.2, 0.25) is 0 Å². The highest BCUT2D eigenvalue weighted by molar-refractivity contribution is 7.22. The fourth-order valence-corrected chi connectivity index (χ4v) is 5.36. The first-order chi connectivity index (χ1) is 17.0. The summed E-state index contributed by atoms with van der Waals surface area (Å²) in [4.78, 5) is 45.1. The second kappa shape index (κ2) is 7.85. The molecular formula is C26H15FN2O5S. The zero-order chi connectivity index (χ0) is 24.3. The van der Waals surface area contributed by atoms with E-state index in [9.17, 15) is 18.8 Å². The van der Waals surface area contributed by atoms with Crippen LogP contribution < -0.4 is 10.3 Å². The van der Waals surface area contributed by atoms with Gasteiger partial charge in [-0.15, -0.1) is 0 Å². The van der Waals surface area contributed by atoms with Crippen LogP contribution in [0.3, 0.4) is 0 Å². The number of halogens is 1. The van der Waals surface area contributed by atoms with Gasteiger partial charge >= 0.3 is 5.97 Å². The molecule has 0 saturated heterocycles. The van der Waals surface area contributed by atoms with Crippen LogP contribution in [-0.2, 0) is 4.74 Å². The fourth-order valence-electron chi connectivity index (χ4n) is 4.34. The molecule has 0 bridgehead atoms. The Morgan fingerprint density at radius 1 is 1.09 bits per heavy atom. The number of fused-ring (bicyclic) bond motifs is 3. The number of esters is 1. The minimum Gasteiger partial charge on any atom is -0.465 e. The van der Waals surface area contributed by atoms with Gasteiger partial charge in [0.2, 0.25) is 5.76 Å². The summed E-state index contributed by atoms with van der Waals surface area (Å²) in [5.41, 5.74) is 1.60. The van der Waals surface area contributed by atoms with Crippen LogP contribution in [-0.4, -0.2) is 24.0 Å². The molecule has 1 aliphatic heterocycles. The summed E-state index contributed by atoms with van der Waals surface area (Å²) < 4.78 is 25.1. The van der Waals surface area contributed by atoms with E-state index in [4.69, 9.17) is 9.15 Å². The molecule has 2 aromatic heterocycles. The number of amides is 1. The SMILES string of the molecule is COC(=O)c1ccc([C@H]2c3c(oc4ccccc4c3=O)C(=O)N2c2nc3ccc(F)cc3s2)cc1. The molecule has 172 valence electrons. The monoisotopic (exact) mass is 486 g/mol. The lowest BCUT2D eigenvalue weighted by Crippen LogP contribution is -2.29. The maximum Gasteiger partial charge on any atom is 0.337 e. The lowest BCUT2D eigenvalue weighted by atomic mass is 9.98. The van der Waals surface area contributed by atoms with Gasteiger partial charge in [-0.1, -0.05) is 35.6 Å². The van der Waals surface area contributed by atoms with Gasteiger partial charge in [0.25, 0.3) is 5.91 Å².